The first-order chi connectivity index (χ1) is 18.4. The summed E-state index contributed by atoms with van der Waals surface area (Å²) < 4.78 is 41.2. The second-order valence-corrected chi connectivity index (χ2v) is 9.52. The van der Waals surface area contributed by atoms with Crippen LogP contribution in [0.15, 0.2) is 42.5 Å². The molecule has 0 spiro atoms. The minimum absolute atomic E-state index is 0.0567. The van der Waals surface area contributed by atoms with Gasteiger partial charge in [0.2, 0.25) is 18.3 Å². The van der Waals surface area contributed by atoms with Crippen molar-refractivity contribution in [3.05, 3.63) is 59.2 Å². The highest BCUT2D eigenvalue weighted by atomic mass is 16.7. The van der Waals surface area contributed by atoms with Gasteiger partial charge in [-0.2, -0.15) is 0 Å². The third kappa shape index (κ3) is 4.14. The highest BCUT2D eigenvalue weighted by Crippen LogP contribution is 2.58. The van der Waals surface area contributed by atoms with Crippen LogP contribution >= 0.6 is 0 Å². The number of ether oxygens (including phenoxy) is 7. The number of hydrogen-bond acceptors (Lipinski definition) is 8. The molecule has 0 unspecified atom stereocenters. The van der Waals surface area contributed by atoms with Crippen molar-refractivity contribution in [2.75, 3.05) is 35.2 Å². The Hall–Kier alpha value is -4.07. The monoisotopic (exact) mass is 520 g/mol. The summed E-state index contributed by atoms with van der Waals surface area (Å²) in [7, 11) is 6.35. The van der Waals surface area contributed by atoms with E-state index in [-0.39, 0.29) is 18.6 Å². The number of carbonyl (C=O) groups excluding carboxylic acids is 1. The van der Waals surface area contributed by atoms with E-state index in [1.807, 2.05) is 30.3 Å². The topological polar surface area (TPSA) is 81.7 Å². The molecule has 0 saturated heterocycles. The molecule has 8 heteroatoms. The zero-order valence-corrected chi connectivity index (χ0v) is 22.5. The molecule has 0 bridgehead atoms. The van der Waals surface area contributed by atoms with Crippen LogP contribution < -0.4 is 28.4 Å². The smallest absolute Gasteiger partial charge is 0.338 e. The van der Waals surface area contributed by atoms with Gasteiger partial charge in [0.1, 0.15) is 6.10 Å². The molecule has 0 radical (unpaired) electrons. The highest BCUT2D eigenvalue weighted by molar-refractivity contribution is 5.91. The Bertz CT molecular complexity index is 1350. The van der Waals surface area contributed by atoms with Crippen molar-refractivity contribution >= 4 is 5.97 Å². The predicted molar refractivity (Wildman–Crippen MR) is 141 cm³/mol. The Morgan fingerprint density at radius 2 is 1.55 bits per heavy atom. The summed E-state index contributed by atoms with van der Waals surface area (Å²) in [6.45, 7) is 4.30. The standard InChI is InChI=1S/C30H32O8/c1-16-12-19-13-21(32-3)26(33-4)28(34-5)23(19)24-20(14-22-27(29(24)35-6)37-15-36-22)25(17(16)2)38-30(31)18-10-8-7-9-11-18/h7-11,13-14,16-17,25H,12,15H2,1-6H3/t16-,17-,25-/m0/s1. The summed E-state index contributed by atoms with van der Waals surface area (Å²) in [6, 6.07) is 12.9. The molecule has 1 heterocycles. The van der Waals surface area contributed by atoms with E-state index in [0.717, 1.165) is 16.7 Å². The molecule has 1 aliphatic carbocycles. The van der Waals surface area contributed by atoms with Crippen molar-refractivity contribution in [2.45, 2.75) is 26.4 Å². The quantitative estimate of drug-likeness (QED) is 0.375. The molecule has 0 aromatic heterocycles. The van der Waals surface area contributed by atoms with Crippen molar-refractivity contribution in [3.63, 3.8) is 0 Å². The molecule has 200 valence electrons. The van der Waals surface area contributed by atoms with Crippen LogP contribution in [0.3, 0.4) is 0 Å². The summed E-state index contributed by atoms with van der Waals surface area (Å²) >= 11 is 0. The van der Waals surface area contributed by atoms with Gasteiger partial charge in [-0.05, 0) is 42.2 Å². The number of benzene rings is 3. The molecule has 2 aliphatic rings. The second kappa shape index (κ2) is 10.4. The molecular formula is C30H32O8. The Morgan fingerprint density at radius 1 is 0.842 bits per heavy atom. The maximum atomic E-state index is 13.3. The Labute approximate surface area is 222 Å². The Morgan fingerprint density at radius 3 is 2.21 bits per heavy atom. The molecule has 38 heavy (non-hydrogen) atoms. The van der Waals surface area contributed by atoms with Crippen molar-refractivity contribution in [1.82, 2.24) is 0 Å². The normalized spacial score (nSPS) is 19.4. The van der Waals surface area contributed by atoms with Crippen molar-refractivity contribution in [3.8, 4) is 45.6 Å². The SMILES string of the molecule is COc1cc2c(c(OC)c1OC)-c1c(cc3c(c1OC)OCO3)[C@@H](OC(=O)c1ccccc1)[C@@H](C)[C@@H](C)C2. The van der Waals surface area contributed by atoms with Gasteiger partial charge < -0.3 is 33.2 Å². The van der Waals surface area contributed by atoms with Crippen LogP contribution in [0.25, 0.3) is 11.1 Å². The van der Waals surface area contributed by atoms with E-state index in [1.165, 1.54) is 0 Å². The van der Waals surface area contributed by atoms with Crippen LogP contribution in [0, 0.1) is 11.8 Å². The molecule has 0 amide bonds. The van der Waals surface area contributed by atoms with Gasteiger partial charge in [-0.15, -0.1) is 0 Å². The third-order valence-electron chi connectivity index (χ3n) is 7.48. The van der Waals surface area contributed by atoms with Crippen LogP contribution in [0.1, 0.15) is 41.4 Å². The lowest BCUT2D eigenvalue weighted by Gasteiger charge is -2.35. The number of fused-ring (bicyclic) bond motifs is 4. The van der Waals surface area contributed by atoms with Crippen LogP contribution in [-0.4, -0.2) is 41.2 Å². The molecule has 3 aromatic carbocycles. The largest absolute Gasteiger partial charge is 0.493 e. The van der Waals surface area contributed by atoms with E-state index in [2.05, 4.69) is 13.8 Å². The summed E-state index contributed by atoms with van der Waals surface area (Å²) in [5.41, 5.74) is 3.68. The van der Waals surface area contributed by atoms with Gasteiger partial charge in [0, 0.05) is 22.6 Å². The lowest BCUT2D eigenvalue weighted by molar-refractivity contribution is 0.00701. The molecule has 0 fully saturated rings. The summed E-state index contributed by atoms with van der Waals surface area (Å²) in [4.78, 5) is 13.3. The third-order valence-corrected chi connectivity index (χ3v) is 7.48. The number of hydrogen-bond donors (Lipinski definition) is 0. The fraction of sp³-hybridized carbons (Fsp3) is 0.367. The molecule has 3 aromatic rings. The summed E-state index contributed by atoms with van der Waals surface area (Å²) in [5, 5.41) is 0. The van der Waals surface area contributed by atoms with Crippen molar-refractivity contribution in [2.24, 2.45) is 11.8 Å². The van der Waals surface area contributed by atoms with Crippen molar-refractivity contribution < 1.29 is 38.0 Å². The molecule has 1 aliphatic heterocycles. The van der Waals surface area contributed by atoms with Crippen LogP contribution in [0.4, 0.5) is 0 Å². The molecular weight excluding hydrogens is 488 g/mol. The van der Waals surface area contributed by atoms with E-state index < -0.39 is 12.1 Å². The zero-order valence-electron chi connectivity index (χ0n) is 22.5. The Balaban J connectivity index is 1.82. The zero-order chi connectivity index (χ0) is 27.0. The number of methoxy groups -OCH3 is 4. The summed E-state index contributed by atoms with van der Waals surface area (Å²) in [6.07, 6.45) is 0.0611. The molecule has 5 rings (SSSR count). The van der Waals surface area contributed by atoms with Gasteiger partial charge in [-0.25, -0.2) is 4.79 Å². The lowest BCUT2D eigenvalue weighted by Crippen LogP contribution is -2.26. The lowest BCUT2D eigenvalue weighted by atomic mass is 9.75. The molecule has 3 atom stereocenters. The predicted octanol–water partition coefficient (Wildman–Crippen LogP) is 5.84. The first-order valence-electron chi connectivity index (χ1n) is 12.5. The van der Waals surface area contributed by atoms with E-state index in [4.69, 9.17) is 33.2 Å². The second-order valence-electron chi connectivity index (χ2n) is 9.52. The van der Waals surface area contributed by atoms with Gasteiger partial charge >= 0.3 is 5.97 Å². The molecule has 0 saturated carbocycles. The first-order valence-corrected chi connectivity index (χ1v) is 12.5. The average molecular weight is 521 g/mol. The van der Waals surface area contributed by atoms with Crippen LogP contribution in [0.5, 0.6) is 34.5 Å². The maximum Gasteiger partial charge on any atom is 0.338 e. The van der Waals surface area contributed by atoms with Gasteiger partial charge in [0.15, 0.2) is 23.0 Å². The molecule has 0 N–H and O–H groups in total. The Kier molecular flexibility index (Phi) is 6.97. The van der Waals surface area contributed by atoms with Gasteiger partial charge in [-0.3, -0.25) is 0 Å². The number of carbonyl (C=O) groups is 1. The number of esters is 1. The first kappa shape index (κ1) is 25.6. The van der Waals surface area contributed by atoms with E-state index in [1.54, 1.807) is 40.6 Å². The highest BCUT2D eigenvalue weighted by Gasteiger charge is 2.40. The van der Waals surface area contributed by atoms with Crippen LogP contribution in [-0.2, 0) is 11.2 Å². The van der Waals surface area contributed by atoms with Crippen molar-refractivity contribution in [1.29, 1.82) is 0 Å². The summed E-state index contributed by atoms with van der Waals surface area (Å²) in [5.74, 6) is 2.67. The number of rotatable bonds is 6. The molecule has 8 nitrogen and oxygen atoms in total. The fourth-order valence-electron chi connectivity index (χ4n) is 5.39. The van der Waals surface area contributed by atoms with E-state index in [9.17, 15) is 4.79 Å². The van der Waals surface area contributed by atoms with E-state index >= 15 is 0 Å². The fourth-order valence-corrected chi connectivity index (χ4v) is 5.39. The minimum Gasteiger partial charge on any atom is -0.493 e. The minimum atomic E-state index is -0.609. The van der Waals surface area contributed by atoms with Gasteiger partial charge in [0.25, 0.3) is 0 Å². The average Bonchev–Trinajstić information content (AvgIpc) is 3.42. The van der Waals surface area contributed by atoms with Gasteiger partial charge in [-0.1, -0.05) is 32.0 Å². The van der Waals surface area contributed by atoms with E-state index in [0.29, 0.717) is 52.0 Å². The van der Waals surface area contributed by atoms with Gasteiger partial charge in [0.05, 0.1) is 34.0 Å². The van der Waals surface area contributed by atoms with Crippen LogP contribution in [0.2, 0.25) is 0 Å². The maximum absolute atomic E-state index is 13.3.